The van der Waals surface area contributed by atoms with Gasteiger partial charge in [0.05, 0.1) is 23.0 Å². The fraction of sp³-hybridized carbons (Fsp3) is 0.364. The second-order valence-corrected chi connectivity index (χ2v) is 13.6. The number of ether oxygens (including phenoxy) is 2. The first kappa shape index (κ1) is 34.0. The Kier molecular flexibility index (Phi) is 8.22. The van der Waals surface area contributed by atoms with E-state index in [-0.39, 0.29) is 29.5 Å². The molecule has 262 valence electrons. The molecule has 7 rings (SSSR count). The maximum Gasteiger partial charge on any atom is 0.573 e. The van der Waals surface area contributed by atoms with Crippen LogP contribution in [-0.4, -0.2) is 65.7 Å². The van der Waals surface area contributed by atoms with Crippen LogP contribution in [0.25, 0.3) is 0 Å². The van der Waals surface area contributed by atoms with Gasteiger partial charge in [0.15, 0.2) is 0 Å². The molecule has 3 heterocycles. The maximum absolute atomic E-state index is 16.1. The van der Waals surface area contributed by atoms with Crippen molar-refractivity contribution < 1.29 is 46.3 Å². The second kappa shape index (κ2) is 12.1. The van der Waals surface area contributed by atoms with Crippen LogP contribution in [0, 0.1) is 27.8 Å². The molecule has 1 spiro atoms. The molecule has 3 aliphatic heterocycles. The van der Waals surface area contributed by atoms with Crippen molar-refractivity contribution in [2.45, 2.75) is 43.1 Å². The van der Waals surface area contributed by atoms with E-state index < -0.39 is 81.0 Å². The number of nitro benzene ring substituents is 1. The van der Waals surface area contributed by atoms with E-state index in [0.29, 0.717) is 35.0 Å². The molecule has 1 aliphatic carbocycles. The first-order chi connectivity index (χ1) is 23.6. The molecule has 1 saturated carbocycles. The van der Waals surface area contributed by atoms with Gasteiger partial charge in [0.2, 0.25) is 11.8 Å². The van der Waals surface area contributed by atoms with Crippen LogP contribution >= 0.6 is 23.2 Å². The molecule has 0 unspecified atom stereocenters. The van der Waals surface area contributed by atoms with Gasteiger partial charge in [0.1, 0.15) is 28.4 Å². The van der Waals surface area contributed by atoms with Crippen LogP contribution in [-0.2, 0) is 20.7 Å². The van der Waals surface area contributed by atoms with E-state index in [9.17, 15) is 37.7 Å². The number of esters is 1. The Labute approximate surface area is 291 Å². The normalized spacial score (nSPS) is 24.6. The predicted octanol–water partition coefficient (Wildman–Crippen LogP) is 6.50. The van der Waals surface area contributed by atoms with Gasteiger partial charge in [-0.15, -0.1) is 13.2 Å². The van der Waals surface area contributed by atoms with E-state index in [1.54, 1.807) is 18.2 Å². The lowest BCUT2D eigenvalue weighted by molar-refractivity contribution is -0.384. The summed E-state index contributed by atoms with van der Waals surface area (Å²) in [4.78, 5) is 55.8. The van der Waals surface area contributed by atoms with Crippen molar-refractivity contribution >= 4 is 58.0 Å². The Morgan fingerprint density at radius 2 is 1.88 bits per heavy atom. The minimum atomic E-state index is -5.32. The van der Waals surface area contributed by atoms with E-state index in [4.69, 9.17) is 23.2 Å². The number of hydrogen-bond acceptors (Lipinski definition) is 8. The van der Waals surface area contributed by atoms with Crippen molar-refractivity contribution in [1.29, 1.82) is 0 Å². The largest absolute Gasteiger partial charge is 0.573 e. The zero-order valence-corrected chi connectivity index (χ0v) is 27.4. The minimum absolute atomic E-state index is 0.0369. The molecule has 0 radical (unpaired) electrons. The number of alkyl halides is 3. The van der Waals surface area contributed by atoms with Gasteiger partial charge in [0, 0.05) is 54.3 Å². The first-order valence-electron chi connectivity index (χ1n) is 15.4. The second-order valence-electron chi connectivity index (χ2n) is 12.7. The van der Waals surface area contributed by atoms with Crippen molar-refractivity contribution in [3.05, 3.63) is 91.2 Å². The molecule has 1 N–H and O–H groups in total. The highest BCUT2D eigenvalue weighted by molar-refractivity contribution is 6.31. The molecule has 3 fully saturated rings. The summed E-state index contributed by atoms with van der Waals surface area (Å²) in [5.41, 5.74) is -2.80. The summed E-state index contributed by atoms with van der Waals surface area (Å²) < 4.78 is 65.2. The molecule has 4 atom stereocenters. The number of carbonyl (C=O) groups excluding carboxylic acids is 3. The summed E-state index contributed by atoms with van der Waals surface area (Å²) in [7, 11) is 0.873. The van der Waals surface area contributed by atoms with Crippen LogP contribution in [0.2, 0.25) is 10.0 Å². The van der Waals surface area contributed by atoms with Crippen LogP contribution in [0.4, 0.5) is 34.6 Å². The summed E-state index contributed by atoms with van der Waals surface area (Å²) in [6.07, 6.45) is -3.62. The number of fused-ring (bicyclic) bond motifs is 2. The van der Waals surface area contributed by atoms with Crippen LogP contribution in [0.3, 0.4) is 0 Å². The lowest BCUT2D eigenvalue weighted by Gasteiger charge is -2.46. The number of likely N-dealkylation sites (tertiary alicyclic amines) is 1. The zero-order chi connectivity index (χ0) is 35.9. The summed E-state index contributed by atoms with van der Waals surface area (Å²) >= 11 is 12.5. The van der Waals surface area contributed by atoms with Crippen molar-refractivity contribution in [3.8, 4) is 5.75 Å². The number of hydrogen-bond donors (Lipinski definition) is 1. The number of rotatable bonds is 7. The third-order valence-electron chi connectivity index (χ3n) is 9.96. The Hall–Kier alpha value is -4.47. The summed E-state index contributed by atoms with van der Waals surface area (Å²) in [6.45, 7) is -0.00952. The standard InChI is InChI=1S/C33H26Cl2F4N4O7/c1-49-30(45)19-10-23(43(47)48)22(11-25(19)50-33(37,38)39)41-14-24-26(29(41)44)27(18-3-2-4-20(35)28(18)36)32(42(24)13-15-5-6-15)12-16-7-8-17(34)9-21(16)40-31(32)46/h2-4,7-11,15,24,26-27H,5-6,12-14H2,1H3,(H,40,46)/t24-,26+,27-,32+/m0/s1. The van der Waals surface area contributed by atoms with E-state index in [1.165, 1.54) is 18.2 Å². The fourth-order valence-electron chi connectivity index (χ4n) is 7.77. The highest BCUT2D eigenvalue weighted by atomic mass is 35.5. The van der Waals surface area contributed by atoms with Gasteiger partial charge in [-0.25, -0.2) is 9.18 Å². The van der Waals surface area contributed by atoms with Gasteiger partial charge < -0.3 is 19.7 Å². The highest BCUT2D eigenvalue weighted by Gasteiger charge is 2.69. The number of halogens is 6. The molecule has 3 aromatic rings. The number of nitrogens with one attached hydrogen (secondary N) is 1. The number of nitrogens with zero attached hydrogens (tertiary/aromatic N) is 3. The van der Waals surface area contributed by atoms with E-state index in [2.05, 4.69) is 14.8 Å². The van der Waals surface area contributed by atoms with E-state index >= 15 is 4.39 Å². The highest BCUT2D eigenvalue weighted by Crippen LogP contribution is 2.58. The molecular formula is C33H26Cl2F4N4O7. The number of anilines is 2. The lowest BCUT2D eigenvalue weighted by atomic mass is 9.69. The number of methoxy groups -OCH3 is 1. The average Bonchev–Trinajstić information content (AvgIpc) is 3.76. The Balaban J connectivity index is 1.42. The van der Waals surface area contributed by atoms with E-state index in [1.807, 2.05) is 4.90 Å². The van der Waals surface area contributed by atoms with Crippen molar-refractivity contribution in [1.82, 2.24) is 4.90 Å². The molecule has 2 saturated heterocycles. The van der Waals surface area contributed by atoms with Crippen LogP contribution < -0.4 is 15.0 Å². The average molecular weight is 737 g/mol. The zero-order valence-electron chi connectivity index (χ0n) is 25.9. The maximum atomic E-state index is 16.1. The monoisotopic (exact) mass is 736 g/mol. The number of amides is 2. The van der Waals surface area contributed by atoms with Gasteiger partial charge in [-0.2, -0.15) is 0 Å². The molecule has 2 amide bonds. The molecule has 11 nitrogen and oxygen atoms in total. The summed E-state index contributed by atoms with van der Waals surface area (Å²) in [5, 5.41) is 15.3. The number of carbonyl (C=O) groups is 3. The van der Waals surface area contributed by atoms with Crippen LogP contribution in [0.1, 0.15) is 40.2 Å². The minimum Gasteiger partial charge on any atom is -0.465 e. The molecule has 17 heteroatoms. The SMILES string of the molecule is COC(=O)c1cc([N+](=O)[O-])c(N2C[C@H]3[C@@H](C2=O)[C@H](c2cccc(Cl)c2F)[C@@]2(Cc4ccc(Cl)cc4NC2=O)N3CC2CC2)cc1OC(F)(F)F. The molecule has 4 aliphatic rings. The van der Waals surface area contributed by atoms with Crippen molar-refractivity contribution in [2.75, 3.05) is 30.4 Å². The van der Waals surface area contributed by atoms with Gasteiger partial charge in [-0.3, -0.25) is 24.6 Å². The topological polar surface area (TPSA) is 131 Å². The predicted molar refractivity (Wildman–Crippen MR) is 171 cm³/mol. The van der Waals surface area contributed by atoms with Crippen LogP contribution in [0.15, 0.2) is 48.5 Å². The Morgan fingerprint density at radius 3 is 2.54 bits per heavy atom. The quantitative estimate of drug-likeness (QED) is 0.126. The molecule has 50 heavy (non-hydrogen) atoms. The number of nitro groups is 1. The molecule has 3 aromatic carbocycles. The Bertz CT molecular complexity index is 1980. The molecular weight excluding hydrogens is 711 g/mol. The number of benzene rings is 3. The summed E-state index contributed by atoms with van der Waals surface area (Å²) in [6, 6.07) is 9.47. The van der Waals surface area contributed by atoms with Crippen LogP contribution in [0.5, 0.6) is 5.75 Å². The van der Waals surface area contributed by atoms with Gasteiger partial charge in [-0.1, -0.05) is 41.4 Å². The fourth-order valence-corrected chi connectivity index (χ4v) is 8.13. The molecule has 0 aromatic heterocycles. The summed E-state index contributed by atoms with van der Waals surface area (Å²) in [5.74, 6) is -6.94. The van der Waals surface area contributed by atoms with Gasteiger partial charge in [0.25, 0.3) is 5.69 Å². The van der Waals surface area contributed by atoms with Gasteiger partial charge >= 0.3 is 12.3 Å². The lowest BCUT2D eigenvalue weighted by Crippen LogP contribution is -2.62. The molecule has 0 bridgehead atoms. The smallest absolute Gasteiger partial charge is 0.465 e. The third kappa shape index (κ3) is 5.51. The Morgan fingerprint density at radius 1 is 1.14 bits per heavy atom. The van der Waals surface area contributed by atoms with E-state index in [0.717, 1.165) is 24.9 Å². The first-order valence-corrected chi connectivity index (χ1v) is 16.2. The van der Waals surface area contributed by atoms with Gasteiger partial charge in [-0.05, 0) is 48.1 Å². The van der Waals surface area contributed by atoms with Crippen molar-refractivity contribution in [2.24, 2.45) is 11.8 Å². The third-order valence-corrected chi connectivity index (χ3v) is 10.5. The van der Waals surface area contributed by atoms with Crippen molar-refractivity contribution in [3.63, 3.8) is 0 Å².